The Labute approximate surface area is 377 Å². The molecule has 0 saturated heterocycles. The number of rotatable bonds is 3. The molecule has 0 bridgehead atoms. The molecule has 4 aromatic heterocycles. The first kappa shape index (κ1) is 36.4. The number of para-hydroxylation sites is 4. The number of aromatic nitrogens is 2. The van der Waals surface area contributed by atoms with Crippen molar-refractivity contribution >= 4 is 125 Å². The summed E-state index contributed by atoms with van der Waals surface area (Å²) < 4.78 is 14.3. The molecule has 9 aromatic carbocycles. The highest BCUT2D eigenvalue weighted by molar-refractivity contribution is 7.25. The lowest BCUT2D eigenvalue weighted by atomic mass is 9.99. The molecule has 1 aliphatic rings. The van der Waals surface area contributed by atoms with Gasteiger partial charge >= 0.3 is 0 Å². The van der Waals surface area contributed by atoms with Crippen LogP contribution in [-0.2, 0) is 0 Å². The second kappa shape index (κ2) is 14.0. The van der Waals surface area contributed by atoms with E-state index in [0.29, 0.717) is 12.3 Å². The summed E-state index contributed by atoms with van der Waals surface area (Å²) in [6, 6.07) is 67.7. The Morgan fingerprint density at radius 1 is 0.492 bits per heavy atom. The number of amidine groups is 1. The SMILES string of the molecule is CC1C/C=C(c2c(-n3c4ccccc4c4cc5ccccc5cc43)ccc3c2oc2ccccc23)/N=C(c2ccc3c(c2)sc2ccccc23)\N=C/1n1c2ccccc2c2ccccc21. The lowest BCUT2D eigenvalue weighted by Gasteiger charge is -2.21. The molecular formula is C59H38N4OS. The molecule has 0 amide bonds. The van der Waals surface area contributed by atoms with Crippen LogP contribution in [-0.4, -0.2) is 20.8 Å². The van der Waals surface area contributed by atoms with Crippen LogP contribution in [0.5, 0.6) is 0 Å². The topological polar surface area (TPSA) is 47.7 Å². The maximum absolute atomic E-state index is 7.02. The smallest absolute Gasteiger partial charge is 0.161 e. The fourth-order valence-corrected chi connectivity index (χ4v) is 11.7. The highest BCUT2D eigenvalue weighted by Crippen LogP contribution is 2.44. The summed E-state index contributed by atoms with van der Waals surface area (Å²) in [5.41, 5.74) is 9.93. The highest BCUT2D eigenvalue weighted by Gasteiger charge is 2.27. The van der Waals surface area contributed by atoms with E-state index in [4.69, 9.17) is 14.4 Å². The zero-order valence-corrected chi connectivity index (χ0v) is 36.2. The van der Waals surface area contributed by atoms with Crippen molar-refractivity contribution in [3.8, 4) is 5.69 Å². The second-order valence-corrected chi connectivity index (χ2v) is 18.4. The number of nitrogens with zero attached hydrogens (tertiary/aromatic N) is 4. The lowest BCUT2D eigenvalue weighted by Crippen LogP contribution is -2.23. The first-order valence-corrected chi connectivity index (χ1v) is 23.1. The van der Waals surface area contributed by atoms with E-state index in [0.717, 1.165) is 72.4 Å². The summed E-state index contributed by atoms with van der Waals surface area (Å²) in [7, 11) is 0. The van der Waals surface area contributed by atoms with Crippen LogP contribution in [0, 0.1) is 5.92 Å². The lowest BCUT2D eigenvalue weighted by molar-refractivity contribution is 0.667. The normalized spacial score (nSPS) is 17.3. The molecule has 0 spiro atoms. The van der Waals surface area contributed by atoms with Crippen LogP contribution >= 0.6 is 11.3 Å². The number of furan rings is 1. The summed E-state index contributed by atoms with van der Waals surface area (Å²) in [4.78, 5) is 11.6. The van der Waals surface area contributed by atoms with Crippen LogP contribution < -0.4 is 0 Å². The van der Waals surface area contributed by atoms with Crippen LogP contribution in [0.1, 0.15) is 24.5 Å². The summed E-state index contributed by atoms with van der Waals surface area (Å²) in [6.07, 6.45) is 3.04. The summed E-state index contributed by atoms with van der Waals surface area (Å²) in [5, 5.41) is 11.9. The van der Waals surface area contributed by atoms with Crippen LogP contribution in [0.25, 0.3) is 108 Å². The van der Waals surface area contributed by atoms with Gasteiger partial charge in [0.1, 0.15) is 17.0 Å². The first-order chi connectivity index (χ1) is 32.1. The average Bonchev–Trinajstić information content (AvgIpc) is 4.10. The van der Waals surface area contributed by atoms with Crippen molar-refractivity contribution in [2.24, 2.45) is 15.9 Å². The highest BCUT2D eigenvalue weighted by atomic mass is 32.1. The number of hydrogen-bond donors (Lipinski definition) is 0. The van der Waals surface area contributed by atoms with Gasteiger partial charge in [-0.05, 0) is 77.9 Å². The fraction of sp³-hybridized carbons (Fsp3) is 0.0508. The molecule has 1 unspecified atom stereocenters. The van der Waals surface area contributed by atoms with Gasteiger partial charge in [-0.15, -0.1) is 11.3 Å². The van der Waals surface area contributed by atoms with Crippen molar-refractivity contribution in [3.63, 3.8) is 0 Å². The number of benzene rings is 9. The molecule has 0 fully saturated rings. The third kappa shape index (κ3) is 5.44. The Morgan fingerprint density at radius 2 is 1.09 bits per heavy atom. The minimum Gasteiger partial charge on any atom is -0.455 e. The Bertz CT molecular complexity index is 4190. The Kier molecular flexibility index (Phi) is 7.83. The van der Waals surface area contributed by atoms with Gasteiger partial charge in [0.2, 0.25) is 0 Å². The Hall–Kier alpha value is -8.06. The third-order valence-electron chi connectivity index (χ3n) is 13.6. The van der Waals surface area contributed by atoms with E-state index in [1.165, 1.54) is 52.5 Å². The minimum atomic E-state index is 0.0145. The van der Waals surface area contributed by atoms with Gasteiger partial charge in [-0.1, -0.05) is 140 Å². The van der Waals surface area contributed by atoms with Gasteiger partial charge in [0, 0.05) is 64.0 Å². The molecule has 1 aliphatic heterocycles. The average molecular weight is 851 g/mol. The van der Waals surface area contributed by atoms with Gasteiger partial charge in [-0.2, -0.15) is 0 Å². The second-order valence-electron chi connectivity index (χ2n) is 17.3. The first-order valence-electron chi connectivity index (χ1n) is 22.3. The summed E-state index contributed by atoms with van der Waals surface area (Å²) in [5.74, 6) is 1.64. The Balaban J connectivity index is 1.09. The molecular weight excluding hydrogens is 813 g/mol. The number of thiophene rings is 1. The largest absolute Gasteiger partial charge is 0.455 e. The summed E-state index contributed by atoms with van der Waals surface area (Å²) in [6.45, 7) is 2.30. The fourth-order valence-electron chi connectivity index (χ4n) is 10.5. The molecule has 1 atom stereocenters. The van der Waals surface area contributed by atoms with Gasteiger partial charge in [0.15, 0.2) is 5.84 Å². The van der Waals surface area contributed by atoms with E-state index in [2.05, 4.69) is 204 Å². The molecule has 0 N–H and O–H groups in total. The molecule has 5 heterocycles. The predicted octanol–water partition coefficient (Wildman–Crippen LogP) is 16.1. The molecule has 13 aromatic rings. The maximum atomic E-state index is 7.02. The van der Waals surface area contributed by atoms with E-state index in [9.17, 15) is 0 Å². The quantitative estimate of drug-likeness (QED) is 0.175. The molecule has 306 valence electrons. The Morgan fingerprint density at radius 3 is 1.86 bits per heavy atom. The molecule has 0 saturated carbocycles. The monoisotopic (exact) mass is 850 g/mol. The summed E-state index contributed by atoms with van der Waals surface area (Å²) >= 11 is 1.82. The number of fused-ring (bicyclic) bond motifs is 13. The molecule has 5 nitrogen and oxygen atoms in total. The van der Waals surface area contributed by atoms with E-state index >= 15 is 0 Å². The van der Waals surface area contributed by atoms with Gasteiger partial charge in [-0.3, -0.25) is 4.57 Å². The minimum absolute atomic E-state index is 0.0145. The zero-order valence-electron chi connectivity index (χ0n) is 35.4. The molecule has 0 aliphatic carbocycles. The molecule has 6 heteroatoms. The van der Waals surface area contributed by atoms with Crippen LogP contribution in [0.15, 0.2) is 209 Å². The molecule has 14 rings (SSSR count). The molecule has 65 heavy (non-hydrogen) atoms. The maximum Gasteiger partial charge on any atom is 0.161 e. The zero-order chi connectivity index (χ0) is 42.8. The van der Waals surface area contributed by atoms with E-state index < -0.39 is 0 Å². The van der Waals surface area contributed by atoms with Crippen molar-refractivity contribution in [2.45, 2.75) is 13.3 Å². The van der Waals surface area contributed by atoms with Crippen molar-refractivity contribution in [1.29, 1.82) is 0 Å². The number of aliphatic imine (C=N–C) groups is 2. The number of allylic oxidation sites excluding steroid dienone is 1. The van der Waals surface area contributed by atoms with Gasteiger partial charge in [-0.25, -0.2) is 9.98 Å². The number of hydrogen-bond acceptors (Lipinski definition) is 4. The van der Waals surface area contributed by atoms with Crippen molar-refractivity contribution in [3.05, 3.63) is 205 Å². The van der Waals surface area contributed by atoms with Crippen molar-refractivity contribution in [2.75, 3.05) is 0 Å². The van der Waals surface area contributed by atoms with Gasteiger partial charge in [0.05, 0.1) is 39.0 Å². The van der Waals surface area contributed by atoms with Gasteiger partial charge in [0.25, 0.3) is 0 Å². The van der Waals surface area contributed by atoms with Crippen LogP contribution in [0.4, 0.5) is 0 Å². The van der Waals surface area contributed by atoms with Crippen LogP contribution in [0.2, 0.25) is 0 Å². The van der Waals surface area contributed by atoms with Crippen molar-refractivity contribution in [1.82, 2.24) is 9.13 Å². The van der Waals surface area contributed by atoms with E-state index in [-0.39, 0.29) is 5.92 Å². The molecule has 0 radical (unpaired) electrons. The van der Waals surface area contributed by atoms with Gasteiger partial charge < -0.3 is 8.98 Å². The van der Waals surface area contributed by atoms with Crippen LogP contribution in [0.3, 0.4) is 0 Å². The van der Waals surface area contributed by atoms with E-state index in [1.807, 2.05) is 17.4 Å². The van der Waals surface area contributed by atoms with E-state index in [1.54, 1.807) is 0 Å². The van der Waals surface area contributed by atoms with Crippen molar-refractivity contribution < 1.29 is 4.42 Å². The predicted molar refractivity (Wildman–Crippen MR) is 275 cm³/mol. The standard InChI is InChI=1S/C59H38N4OS/c1-35-26-30-47(56-51(31-29-45-42-19-7-12-24-53(42)64-57(45)56)62-48-21-9-6-18-41(48)46-32-36-14-2-3-15-37(36)33-52(46)62)60-58(38-27-28-44-43-20-8-13-25-54(43)65-55(44)34-38)61-59(35)63-49-22-10-4-16-39(49)40-17-5-11-23-50(40)63/h2-25,27-35H,26H2,1H3/b47-30+,60-58-,61-59+. The third-order valence-corrected chi connectivity index (χ3v) is 14.7.